The van der Waals surface area contributed by atoms with E-state index in [0.29, 0.717) is 0 Å². The number of carbonyl (C=O) groups excluding carboxylic acids is 2. The molecule has 110 valence electrons. The van der Waals surface area contributed by atoms with Crippen molar-refractivity contribution in [1.82, 2.24) is 16.2 Å². The van der Waals surface area contributed by atoms with Gasteiger partial charge in [-0.2, -0.15) is 0 Å². The standard InChI is InChI=1S/C13H26N4O2/c1-12(2)7-9(8-13(3,4)17-12)15-16-11(19)6-5-10(14)18/h9,15,17H,5-8H2,1-4H3,(H2,14,18)(H,16,19). The second-order valence-electron chi connectivity index (χ2n) is 6.66. The number of carbonyl (C=O) groups is 2. The van der Waals surface area contributed by atoms with Crippen molar-refractivity contribution in [1.29, 1.82) is 0 Å². The Labute approximate surface area is 114 Å². The minimum atomic E-state index is -0.459. The van der Waals surface area contributed by atoms with Crippen LogP contribution in [0.1, 0.15) is 53.4 Å². The van der Waals surface area contributed by atoms with Gasteiger partial charge in [-0.3, -0.25) is 15.0 Å². The Balaban J connectivity index is 2.40. The molecule has 1 fully saturated rings. The summed E-state index contributed by atoms with van der Waals surface area (Å²) >= 11 is 0. The molecule has 0 bridgehead atoms. The fraction of sp³-hybridized carbons (Fsp3) is 0.846. The Morgan fingerprint density at radius 3 is 2.16 bits per heavy atom. The summed E-state index contributed by atoms with van der Waals surface area (Å²) in [7, 11) is 0. The molecule has 0 spiro atoms. The molecule has 6 heteroatoms. The summed E-state index contributed by atoms with van der Waals surface area (Å²) in [4.78, 5) is 22.1. The highest BCUT2D eigenvalue weighted by molar-refractivity contribution is 5.82. The first-order chi connectivity index (χ1) is 8.60. The lowest BCUT2D eigenvalue weighted by Gasteiger charge is -2.46. The van der Waals surface area contributed by atoms with Gasteiger partial charge in [-0.15, -0.1) is 0 Å². The molecule has 1 aliphatic heterocycles. The molecule has 2 amide bonds. The average molecular weight is 270 g/mol. The minimum absolute atomic E-state index is 0.0252. The van der Waals surface area contributed by atoms with E-state index in [-0.39, 0.29) is 35.9 Å². The third-order valence-electron chi connectivity index (χ3n) is 3.20. The monoisotopic (exact) mass is 270 g/mol. The highest BCUT2D eigenvalue weighted by atomic mass is 16.2. The normalized spacial score (nSPS) is 21.9. The molecule has 6 nitrogen and oxygen atoms in total. The van der Waals surface area contributed by atoms with E-state index in [1.54, 1.807) is 0 Å². The molecular formula is C13H26N4O2. The van der Waals surface area contributed by atoms with Gasteiger partial charge < -0.3 is 11.1 Å². The van der Waals surface area contributed by atoms with Crippen molar-refractivity contribution in [2.24, 2.45) is 5.73 Å². The number of piperidine rings is 1. The summed E-state index contributed by atoms with van der Waals surface area (Å²) in [5.41, 5.74) is 10.8. The zero-order valence-corrected chi connectivity index (χ0v) is 12.3. The molecule has 0 atom stereocenters. The predicted molar refractivity (Wildman–Crippen MR) is 74.0 cm³/mol. The summed E-state index contributed by atoms with van der Waals surface area (Å²) in [5, 5.41) is 3.58. The molecule has 0 aromatic carbocycles. The van der Waals surface area contributed by atoms with Crippen molar-refractivity contribution >= 4 is 11.8 Å². The number of nitrogens with two attached hydrogens (primary N) is 1. The van der Waals surface area contributed by atoms with Crippen molar-refractivity contribution in [2.45, 2.75) is 70.5 Å². The average Bonchev–Trinajstić information content (AvgIpc) is 2.19. The summed E-state index contributed by atoms with van der Waals surface area (Å²) in [6.07, 6.45) is 2.05. The number of hydrogen-bond donors (Lipinski definition) is 4. The second kappa shape index (κ2) is 5.88. The van der Waals surface area contributed by atoms with E-state index in [2.05, 4.69) is 43.9 Å². The van der Waals surface area contributed by atoms with Crippen molar-refractivity contribution < 1.29 is 9.59 Å². The third kappa shape index (κ3) is 6.02. The maximum Gasteiger partial charge on any atom is 0.234 e. The minimum Gasteiger partial charge on any atom is -0.370 e. The van der Waals surface area contributed by atoms with Gasteiger partial charge in [-0.25, -0.2) is 5.43 Å². The number of hydrazine groups is 1. The zero-order valence-electron chi connectivity index (χ0n) is 12.3. The molecule has 19 heavy (non-hydrogen) atoms. The Morgan fingerprint density at radius 1 is 1.16 bits per heavy atom. The molecule has 0 radical (unpaired) electrons. The van der Waals surface area contributed by atoms with E-state index in [0.717, 1.165) is 12.8 Å². The Morgan fingerprint density at radius 2 is 1.68 bits per heavy atom. The number of primary amides is 1. The van der Waals surface area contributed by atoms with Crippen LogP contribution in [0.3, 0.4) is 0 Å². The van der Waals surface area contributed by atoms with Crippen LogP contribution in [0.5, 0.6) is 0 Å². The van der Waals surface area contributed by atoms with Gasteiger partial charge in [0.15, 0.2) is 0 Å². The summed E-state index contributed by atoms with van der Waals surface area (Å²) in [6, 6.07) is 0.212. The number of amides is 2. The second-order valence-corrected chi connectivity index (χ2v) is 6.66. The van der Waals surface area contributed by atoms with Gasteiger partial charge in [0.25, 0.3) is 0 Å². The fourth-order valence-corrected chi connectivity index (χ4v) is 2.91. The lowest BCUT2D eigenvalue weighted by Crippen LogP contribution is -2.63. The first-order valence-electron chi connectivity index (χ1n) is 6.72. The summed E-state index contributed by atoms with van der Waals surface area (Å²) in [5.74, 6) is -0.660. The first-order valence-corrected chi connectivity index (χ1v) is 6.72. The van der Waals surface area contributed by atoms with Gasteiger partial charge in [-0.05, 0) is 40.5 Å². The largest absolute Gasteiger partial charge is 0.370 e. The van der Waals surface area contributed by atoms with Crippen molar-refractivity contribution in [3.05, 3.63) is 0 Å². The van der Waals surface area contributed by atoms with Gasteiger partial charge in [0.2, 0.25) is 11.8 Å². The molecule has 0 saturated carbocycles. The molecule has 0 unspecified atom stereocenters. The lowest BCUT2D eigenvalue weighted by atomic mass is 9.80. The van der Waals surface area contributed by atoms with E-state index >= 15 is 0 Å². The number of hydrogen-bond acceptors (Lipinski definition) is 4. The quantitative estimate of drug-likeness (QED) is 0.536. The lowest BCUT2D eigenvalue weighted by molar-refractivity contribution is -0.126. The van der Waals surface area contributed by atoms with Crippen LogP contribution in [-0.4, -0.2) is 28.9 Å². The molecule has 1 aliphatic rings. The van der Waals surface area contributed by atoms with Crippen LogP contribution >= 0.6 is 0 Å². The molecule has 1 heterocycles. The maximum atomic E-state index is 11.5. The smallest absolute Gasteiger partial charge is 0.234 e. The Bertz CT molecular complexity index is 337. The van der Waals surface area contributed by atoms with E-state index in [1.807, 2.05) is 0 Å². The number of rotatable bonds is 5. The Hall–Kier alpha value is -1.14. The fourth-order valence-electron chi connectivity index (χ4n) is 2.91. The predicted octanol–water partition coefficient (Wildman–Crippen LogP) is 0.182. The van der Waals surface area contributed by atoms with Gasteiger partial charge in [-0.1, -0.05) is 0 Å². The van der Waals surface area contributed by atoms with Gasteiger partial charge >= 0.3 is 0 Å². The molecule has 0 aliphatic carbocycles. The maximum absolute atomic E-state index is 11.5. The van der Waals surface area contributed by atoms with E-state index < -0.39 is 5.91 Å². The van der Waals surface area contributed by atoms with Crippen LogP contribution in [0, 0.1) is 0 Å². The summed E-state index contributed by atoms with van der Waals surface area (Å²) in [6.45, 7) is 8.60. The summed E-state index contributed by atoms with van der Waals surface area (Å²) < 4.78 is 0. The van der Waals surface area contributed by atoms with Crippen LogP contribution in [0.25, 0.3) is 0 Å². The third-order valence-corrected chi connectivity index (χ3v) is 3.20. The van der Waals surface area contributed by atoms with Crippen molar-refractivity contribution in [2.75, 3.05) is 0 Å². The van der Waals surface area contributed by atoms with E-state index in [9.17, 15) is 9.59 Å². The van der Waals surface area contributed by atoms with Crippen LogP contribution in [0.2, 0.25) is 0 Å². The Kier molecular flexibility index (Phi) is 4.92. The van der Waals surface area contributed by atoms with Crippen LogP contribution in [0.15, 0.2) is 0 Å². The van der Waals surface area contributed by atoms with Crippen LogP contribution < -0.4 is 21.9 Å². The van der Waals surface area contributed by atoms with E-state index in [1.165, 1.54) is 0 Å². The van der Waals surface area contributed by atoms with Crippen molar-refractivity contribution in [3.63, 3.8) is 0 Å². The van der Waals surface area contributed by atoms with Crippen LogP contribution in [-0.2, 0) is 9.59 Å². The van der Waals surface area contributed by atoms with Crippen molar-refractivity contribution in [3.8, 4) is 0 Å². The molecular weight excluding hydrogens is 244 g/mol. The highest BCUT2D eigenvalue weighted by Gasteiger charge is 2.37. The van der Waals surface area contributed by atoms with Gasteiger partial charge in [0.1, 0.15) is 0 Å². The molecule has 1 rings (SSSR count). The molecule has 0 aromatic heterocycles. The van der Waals surface area contributed by atoms with Gasteiger partial charge in [0.05, 0.1) is 0 Å². The topological polar surface area (TPSA) is 96.2 Å². The van der Waals surface area contributed by atoms with Gasteiger partial charge in [0, 0.05) is 30.0 Å². The first kappa shape index (κ1) is 15.9. The SMILES string of the molecule is CC1(C)CC(NNC(=O)CCC(N)=O)CC(C)(C)N1. The number of nitrogens with one attached hydrogen (secondary N) is 3. The molecule has 5 N–H and O–H groups in total. The van der Waals surface area contributed by atoms with E-state index in [4.69, 9.17) is 5.73 Å². The van der Waals surface area contributed by atoms with Crippen LogP contribution in [0.4, 0.5) is 0 Å². The molecule has 1 saturated heterocycles. The highest BCUT2D eigenvalue weighted by Crippen LogP contribution is 2.28. The molecule has 0 aromatic rings. The zero-order chi connectivity index (χ0) is 14.7.